The van der Waals surface area contributed by atoms with E-state index in [1.165, 1.54) is 12.1 Å². The Hall–Kier alpha value is -0.690. The highest BCUT2D eigenvalue weighted by Crippen LogP contribution is 2.36. The van der Waals surface area contributed by atoms with Crippen LogP contribution in [0.1, 0.15) is 5.56 Å². The summed E-state index contributed by atoms with van der Waals surface area (Å²) in [4.78, 5) is 0.179. The van der Waals surface area contributed by atoms with Crippen LogP contribution in [0.5, 0.6) is 11.5 Å². The Bertz CT molecular complexity index is 696. The number of hydrogen-bond acceptors (Lipinski definition) is 2. The van der Waals surface area contributed by atoms with Gasteiger partial charge in [0.25, 0.3) is 0 Å². The Labute approximate surface area is 142 Å². The molecule has 0 aliphatic rings. The van der Waals surface area contributed by atoms with Crippen molar-refractivity contribution in [3.8, 4) is 11.5 Å². The van der Waals surface area contributed by atoms with Crippen LogP contribution in [0.25, 0.3) is 0 Å². The first kappa shape index (κ1) is 15.7. The number of rotatable bonds is 3. The summed E-state index contributed by atoms with van der Waals surface area (Å²) >= 11 is 17.3. The van der Waals surface area contributed by atoms with Gasteiger partial charge in [-0.05, 0) is 50.1 Å². The molecule has 0 bridgehead atoms. The van der Waals surface area contributed by atoms with Gasteiger partial charge in [0, 0.05) is 10.5 Å². The molecule has 0 atom stereocenters. The maximum Gasteiger partial charge on any atom is 0.145 e. The zero-order chi connectivity index (χ0) is 14.9. The predicted molar refractivity (Wildman–Crippen MR) is 89.2 cm³/mol. The lowest BCUT2D eigenvalue weighted by atomic mass is 10.2. The van der Waals surface area contributed by atoms with E-state index in [-0.39, 0.29) is 15.8 Å². The van der Waals surface area contributed by atoms with Crippen LogP contribution in [0.15, 0.2) is 39.3 Å². The molecule has 2 N–H and O–H groups in total. The van der Waals surface area contributed by atoms with Crippen molar-refractivity contribution < 1.29 is 9.13 Å². The number of hydrogen-bond donors (Lipinski definition) is 1. The summed E-state index contributed by atoms with van der Waals surface area (Å²) < 4.78 is 20.4. The van der Waals surface area contributed by atoms with E-state index in [9.17, 15) is 4.39 Å². The predicted octanol–water partition coefficient (Wildman–Crippen LogP) is 5.43. The standard InChI is InChI=1S/C13H7Br2ClFNOS/c14-6-2-1-3-10(12(6)13(18)20)19-11-5-9(17)8(16)4-7(11)15/h1-5H,(H2,18,20). The van der Waals surface area contributed by atoms with Gasteiger partial charge in [0.05, 0.1) is 15.1 Å². The lowest BCUT2D eigenvalue weighted by Crippen LogP contribution is -2.11. The SMILES string of the molecule is NC(=S)c1c(Br)cccc1Oc1cc(F)c(Cl)cc1Br. The highest BCUT2D eigenvalue weighted by molar-refractivity contribution is 9.10. The van der Waals surface area contributed by atoms with E-state index in [2.05, 4.69) is 31.9 Å². The van der Waals surface area contributed by atoms with Crippen molar-refractivity contribution >= 4 is 60.7 Å². The van der Waals surface area contributed by atoms with Crippen LogP contribution < -0.4 is 10.5 Å². The second-order valence-electron chi connectivity index (χ2n) is 3.78. The number of halogens is 4. The topological polar surface area (TPSA) is 35.2 Å². The Morgan fingerprint density at radius 1 is 1.20 bits per heavy atom. The van der Waals surface area contributed by atoms with E-state index in [1.807, 2.05) is 0 Å². The van der Waals surface area contributed by atoms with Crippen LogP contribution in [-0.4, -0.2) is 4.99 Å². The van der Waals surface area contributed by atoms with Crippen LogP contribution in [0, 0.1) is 5.82 Å². The van der Waals surface area contributed by atoms with Crippen molar-refractivity contribution in [1.29, 1.82) is 0 Å². The minimum Gasteiger partial charge on any atom is -0.455 e. The molecule has 0 unspecified atom stereocenters. The summed E-state index contributed by atoms with van der Waals surface area (Å²) in [6, 6.07) is 7.86. The van der Waals surface area contributed by atoms with E-state index < -0.39 is 5.82 Å². The molecule has 0 fully saturated rings. The molecule has 0 aliphatic carbocycles. The van der Waals surface area contributed by atoms with E-state index in [4.69, 9.17) is 34.3 Å². The van der Waals surface area contributed by atoms with Crippen molar-refractivity contribution in [3.63, 3.8) is 0 Å². The van der Waals surface area contributed by atoms with Crippen LogP contribution in [0.2, 0.25) is 5.02 Å². The maximum atomic E-state index is 13.5. The molecule has 2 rings (SSSR count). The smallest absolute Gasteiger partial charge is 0.145 e. The first-order chi connectivity index (χ1) is 9.40. The molecule has 0 heterocycles. The molecule has 20 heavy (non-hydrogen) atoms. The van der Waals surface area contributed by atoms with E-state index in [0.29, 0.717) is 20.3 Å². The van der Waals surface area contributed by atoms with Crippen LogP contribution >= 0.6 is 55.7 Å². The minimum atomic E-state index is -0.572. The monoisotopic (exact) mass is 437 g/mol. The van der Waals surface area contributed by atoms with Gasteiger partial charge in [-0.2, -0.15) is 0 Å². The highest BCUT2D eigenvalue weighted by atomic mass is 79.9. The molecule has 104 valence electrons. The summed E-state index contributed by atoms with van der Waals surface area (Å²) in [6.07, 6.45) is 0. The molecular weight excluding hydrogens is 432 g/mol. The molecule has 0 aromatic heterocycles. The summed E-state index contributed by atoms with van der Waals surface area (Å²) in [5, 5.41) is 0.00744. The van der Waals surface area contributed by atoms with Gasteiger partial charge in [-0.3, -0.25) is 0 Å². The first-order valence-electron chi connectivity index (χ1n) is 5.31. The van der Waals surface area contributed by atoms with Crippen LogP contribution in [0.4, 0.5) is 4.39 Å². The fourth-order valence-corrected chi connectivity index (χ4v) is 3.15. The molecule has 0 radical (unpaired) electrons. The minimum absolute atomic E-state index is 0.00744. The average Bonchev–Trinajstić information content (AvgIpc) is 2.35. The number of ether oxygens (including phenoxy) is 1. The number of benzene rings is 2. The summed E-state index contributed by atoms with van der Waals surface area (Å²) in [5.41, 5.74) is 6.22. The molecule has 2 aromatic carbocycles. The quantitative estimate of drug-likeness (QED) is 0.512. The normalized spacial score (nSPS) is 10.4. The summed E-state index contributed by atoms with van der Waals surface area (Å²) in [6.45, 7) is 0. The van der Waals surface area contributed by atoms with Crippen molar-refractivity contribution in [2.75, 3.05) is 0 Å². The zero-order valence-corrected chi connectivity index (χ0v) is 14.5. The Morgan fingerprint density at radius 3 is 2.55 bits per heavy atom. The van der Waals surface area contributed by atoms with Crippen molar-refractivity contribution in [2.45, 2.75) is 0 Å². The lowest BCUT2D eigenvalue weighted by molar-refractivity contribution is 0.472. The van der Waals surface area contributed by atoms with Gasteiger partial charge in [0.2, 0.25) is 0 Å². The van der Waals surface area contributed by atoms with Crippen molar-refractivity contribution in [3.05, 3.63) is 55.7 Å². The number of nitrogens with two attached hydrogens (primary N) is 1. The molecule has 2 nitrogen and oxygen atoms in total. The highest BCUT2D eigenvalue weighted by Gasteiger charge is 2.14. The number of thiocarbonyl (C=S) groups is 1. The Balaban J connectivity index is 2.48. The Kier molecular flexibility index (Phi) is 5.01. The van der Waals surface area contributed by atoms with Crippen LogP contribution in [-0.2, 0) is 0 Å². The van der Waals surface area contributed by atoms with Gasteiger partial charge in [0.15, 0.2) is 0 Å². The van der Waals surface area contributed by atoms with E-state index >= 15 is 0 Å². The Morgan fingerprint density at radius 2 is 1.90 bits per heavy atom. The van der Waals surface area contributed by atoms with E-state index in [1.54, 1.807) is 18.2 Å². The fraction of sp³-hybridized carbons (Fsp3) is 0. The third-order valence-corrected chi connectivity index (χ3v) is 4.19. The van der Waals surface area contributed by atoms with Gasteiger partial charge >= 0.3 is 0 Å². The first-order valence-corrected chi connectivity index (χ1v) is 7.68. The third-order valence-electron chi connectivity index (χ3n) is 2.42. The third kappa shape index (κ3) is 3.31. The second kappa shape index (κ2) is 6.39. The lowest BCUT2D eigenvalue weighted by Gasteiger charge is -2.13. The fourth-order valence-electron chi connectivity index (χ4n) is 1.53. The zero-order valence-electron chi connectivity index (χ0n) is 9.79. The van der Waals surface area contributed by atoms with Gasteiger partial charge in [-0.25, -0.2) is 4.39 Å². The molecule has 0 spiro atoms. The molecule has 0 aliphatic heterocycles. The molecule has 7 heteroatoms. The largest absolute Gasteiger partial charge is 0.455 e. The van der Waals surface area contributed by atoms with Crippen molar-refractivity contribution in [2.24, 2.45) is 5.73 Å². The summed E-state index contributed by atoms with van der Waals surface area (Å²) in [5.74, 6) is 0.133. The molecule has 2 aromatic rings. The average molecular weight is 440 g/mol. The van der Waals surface area contributed by atoms with Gasteiger partial charge < -0.3 is 10.5 Å². The molecular formula is C13H7Br2ClFNOS. The van der Waals surface area contributed by atoms with Gasteiger partial charge in [-0.1, -0.05) is 29.9 Å². The van der Waals surface area contributed by atoms with Gasteiger partial charge in [-0.15, -0.1) is 0 Å². The van der Waals surface area contributed by atoms with Crippen molar-refractivity contribution in [1.82, 2.24) is 0 Å². The molecule has 0 saturated heterocycles. The molecule has 0 amide bonds. The van der Waals surface area contributed by atoms with Crippen LogP contribution in [0.3, 0.4) is 0 Å². The second-order valence-corrected chi connectivity index (χ2v) is 6.33. The maximum absolute atomic E-state index is 13.5. The summed E-state index contributed by atoms with van der Waals surface area (Å²) in [7, 11) is 0. The van der Waals surface area contributed by atoms with Gasteiger partial charge in [0.1, 0.15) is 22.3 Å². The van der Waals surface area contributed by atoms with E-state index in [0.717, 1.165) is 0 Å². The molecule has 0 saturated carbocycles.